The summed E-state index contributed by atoms with van der Waals surface area (Å²) in [5.74, 6) is -2.35. The molecule has 91 heavy (non-hydrogen) atoms. The predicted molar refractivity (Wildman–Crippen MR) is 388 cm³/mol. The number of hydrogen-bond acceptors (Lipinski definition) is 8. The first-order valence-corrected chi connectivity index (χ1v) is 35.2. The van der Waals surface area contributed by atoms with Crippen LogP contribution in [-0.4, -0.2) is 82.3 Å². The van der Waals surface area contributed by atoms with E-state index in [9.17, 15) is 19.5 Å². The van der Waals surface area contributed by atoms with E-state index in [1.165, 1.54) is 32.1 Å². The first kappa shape index (κ1) is 84.9. The van der Waals surface area contributed by atoms with Gasteiger partial charge in [0.2, 0.25) is 0 Å². The highest BCUT2D eigenvalue weighted by Crippen LogP contribution is 2.14. The quantitative estimate of drug-likeness (QED) is 0.0195. The second-order valence-electron chi connectivity index (χ2n) is 23.7. The number of carboxylic acid groups (broad SMARTS) is 1. The van der Waals surface area contributed by atoms with E-state index >= 15 is 0 Å². The summed E-state index contributed by atoms with van der Waals surface area (Å²) < 4.78 is 22.7. The van der Waals surface area contributed by atoms with Crippen molar-refractivity contribution in [1.29, 1.82) is 0 Å². The van der Waals surface area contributed by atoms with Crippen LogP contribution in [0.4, 0.5) is 0 Å². The summed E-state index contributed by atoms with van der Waals surface area (Å²) in [6.45, 7) is 4.45. The Bertz CT molecular complexity index is 2250. The van der Waals surface area contributed by atoms with E-state index in [-0.39, 0.29) is 38.6 Å². The van der Waals surface area contributed by atoms with Gasteiger partial charge in [0.25, 0.3) is 0 Å². The molecule has 0 radical (unpaired) electrons. The summed E-state index contributed by atoms with van der Waals surface area (Å²) >= 11 is 0. The van der Waals surface area contributed by atoms with Crippen LogP contribution in [0.1, 0.15) is 232 Å². The van der Waals surface area contributed by atoms with Crippen LogP contribution in [0.3, 0.4) is 0 Å². The van der Waals surface area contributed by atoms with Crippen LogP contribution in [0, 0.1) is 0 Å². The number of unbranched alkanes of at least 4 members (excludes halogenated alkanes) is 13. The van der Waals surface area contributed by atoms with Crippen LogP contribution < -0.4 is 5.11 Å². The number of aliphatic carboxylic acids is 1. The molecule has 0 spiro atoms. The lowest BCUT2D eigenvalue weighted by Crippen LogP contribution is -2.44. The van der Waals surface area contributed by atoms with Crippen LogP contribution in [0.2, 0.25) is 0 Å². The van der Waals surface area contributed by atoms with Crippen LogP contribution in [0.5, 0.6) is 0 Å². The Labute approximate surface area is 556 Å². The molecule has 0 aliphatic heterocycles. The Morgan fingerprint density at radius 1 is 0.330 bits per heavy atom. The second-order valence-corrected chi connectivity index (χ2v) is 23.7. The molecule has 0 aromatic rings. The van der Waals surface area contributed by atoms with Crippen molar-refractivity contribution in [1.82, 2.24) is 0 Å². The van der Waals surface area contributed by atoms with Crippen molar-refractivity contribution >= 4 is 17.9 Å². The lowest BCUT2D eigenvalue weighted by atomic mass is 10.1. The van der Waals surface area contributed by atoms with Crippen LogP contribution in [0.25, 0.3) is 0 Å². The van der Waals surface area contributed by atoms with Gasteiger partial charge in [-0.05, 0) is 148 Å². The van der Waals surface area contributed by atoms with Crippen molar-refractivity contribution in [3.8, 4) is 0 Å². The fraction of sp³-hybridized carbons (Fsp3) is 0.549. The number of rotatable bonds is 62. The molecule has 0 fully saturated rings. The van der Waals surface area contributed by atoms with Crippen LogP contribution >= 0.6 is 0 Å². The third kappa shape index (κ3) is 71.2. The van der Waals surface area contributed by atoms with E-state index in [2.05, 4.69) is 220 Å². The molecule has 0 aromatic heterocycles. The summed E-state index contributed by atoms with van der Waals surface area (Å²) in [4.78, 5) is 37.5. The highest BCUT2D eigenvalue weighted by Gasteiger charge is 2.22. The van der Waals surface area contributed by atoms with E-state index in [1.54, 1.807) is 0 Å². The molecule has 0 aliphatic rings. The van der Waals surface area contributed by atoms with Gasteiger partial charge in [-0.25, -0.2) is 0 Å². The summed E-state index contributed by atoms with van der Waals surface area (Å²) in [5, 5.41) is 11.8. The molecule has 2 unspecified atom stereocenters. The topological polar surface area (TPSA) is 111 Å². The van der Waals surface area contributed by atoms with E-state index in [0.717, 1.165) is 167 Å². The van der Waals surface area contributed by atoms with Crippen molar-refractivity contribution < 1.29 is 42.9 Å². The number of carbonyl (C=O) groups is 3. The fourth-order valence-electron chi connectivity index (χ4n) is 8.72. The molecular weight excluding hydrogens is 1130 g/mol. The molecule has 9 nitrogen and oxygen atoms in total. The Balaban J connectivity index is 4.29. The number of quaternary nitrogens is 1. The molecule has 508 valence electrons. The molecule has 0 amide bonds. The van der Waals surface area contributed by atoms with Gasteiger partial charge in [0, 0.05) is 12.8 Å². The van der Waals surface area contributed by atoms with Gasteiger partial charge >= 0.3 is 11.9 Å². The monoisotopic (exact) mass is 1250 g/mol. The van der Waals surface area contributed by atoms with Crippen LogP contribution in [-0.2, 0) is 33.3 Å². The maximum absolute atomic E-state index is 12.9. The third-order valence-corrected chi connectivity index (χ3v) is 14.0. The molecule has 0 rings (SSSR count). The first-order chi connectivity index (χ1) is 44.6. The van der Waals surface area contributed by atoms with E-state index in [0.29, 0.717) is 17.4 Å². The largest absolute Gasteiger partial charge is 0.545 e. The molecule has 0 bridgehead atoms. The number of likely N-dealkylation sites (N-methyl/N-ethyl adjacent to an activating group) is 1. The normalized spacial score (nSPS) is 14.0. The fourth-order valence-corrected chi connectivity index (χ4v) is 8.72. The zero-order valence-corrected chi connectivity index (χ0v) is 57.9. The third-order valence-electron chi connectivity index (χ3n) is 14.0. The molecule has 0 aromatic carbocycles. The van der Waals surface area contributed by atoms with Gasteiger partial charge in [-0.2, -0.15) is 0 Å². The zero-order chi connectivity index (χ0) is 66.1. The minimum atomic E-state index is -1.65. The Morgan fingerprint density at radius 3 is 0.879 bits per heavy atom. The first-order valence-electron chi connectivity index (χ1n) is 35.2. The van der Waals surface area contributed by atoms with Gasteiger partial charge in [-0.15, -0.1) is 0 Å². The highest BCUT2D eigenvalue weighted by molar-refractivity contribution is 5.70. The Kier molecular flexibility index (Phi) is 65.1. The Hall–Kier alpha value is -6.13. The smallest absolute Gasteiger partial charge is 0.306 e. The average Bonchev–Trinajstić information content (AvgIpc) is 3.46. The molecule has 0 N–H and O–H groups in total. The molecule has 9 heteroatoms. The van der Waals surface area contributed by atoms with E-state index < -0.39 is 24.3 Å². The lowest BCUT2D eigenvalue weighted by molar-refractivity contribution is -0.870. The average molecular weight is 1250 g/mol. The summed E-state index contributed by atoms with van der Waals surface area (Å²) in [6.07, 6.45) is 106. The zero-order valence-electron chi connectivity index (χ0n) is 57.9. The van der Waals surface area contributed by atoms with Crippen molar-refractivity contribution in [2.75, 3.05) is 47.5 Å². The number of carbonyl (C=O) groups excluding carboxylic acids is 3. The molecule has 0 aliphatic carbocycles. The molecule has 0 saturated carbocycles. The van der Waals surface area contributed by atoms with E-state index in [4.69, 9.17) is 18.9 Å². The molecule has 0 heterocycles. The van der Waals surface area contributed by atoms with Gasteiger partial charge in [-0.3, -0.25) is 9.59 Å². The van der Waals surface area contributed by atoms with Crippen molar-refractivity contribution in [2.45, 2.75) is 245 Å². The van der Waals surface area contributed by atoms with Gasteiger partial charge < -0.3 is 33.3 Å². The number of allylic oxidation sites excluding steroid dienone is 34. The number of esters is 2. The second kappa shape index (κ2) is 69.8. The van der Waals surface area contributed by atoms with Crippen LogP contribution in [0.15, 0.2) is 207 Å². The Morgan fingerprint density at radius 2 is 0.593 bits per heavy atom. The molecule has 0 saturated heterocycles. The van der Waals surface area contributed by atoms with Crippen molar-refractivity contribution in [2.24, 2.45) is 0 Å². The highest BCUT2D eigenvalue weighted by atomic mass is 16.7. The number of nitrogens with zero attached hydrogens (tertiary/aromatic N) is 1. The maximum atomic E-state index is 12.9. The lowest BCUT2D eigenvalue weighted by Gasteiger charge is -2.26. The van der Waals surface area contributed by atoms with E-state index in [1.807, 2.05) is 21.1 Å². The van der Waals surface area contributed by atoms with Gasteiger partial charge in [0.1, 0.15) is 13.2 Å². The van der Waals surface area contributed by atoms with Crippen molar-refractivity contribution in [3.05, 3.63) is 207 Å². The van der Waals surface area contributed by atoms with Gasteiger partial charge in [0.15, 0.2) is 12.4 Å². The minimum Gasteiger partial charge on any atom is -0.545 e. The maximum Gasteiger partial charge on any atom is 0.306 e. The number of hydrogen-bond donors (Lipinski definition) is 0. The van der Waals surface area contributed by atoms with Gasteiger partial charge in [0.05, 0.1) is 40.3 Å². The van der Waals surface area contributed by atoms with Crippen molar-refractivity contribution in [3.63, 3.8) is 0 Å². The molecule has 2 atom stereocenters. The number of ether oxygens (including phenoxy) is 4. The standard InChI is InChI=1S/C82H127NO8/c1-6-8-10-12-14-16-18-20-22-24-26-28-30-32-34-36-38-39-40-41-43-45-47-49-51-53-55-57-59-61-63-65-67-69-71-73-80(85)91-78(77-90-82(81(86)87)88-75-74-83(3,4)5)76-89-79(84)72-70-68-66-64-62-60-58-56-54-52-50-48-46-44-42-37-35-33-31-29-27-25-23-21-19-17-15-13-11-9-7-2/h8-11,14-17,20-23,26-29,32-35,38-39,41-44,47-50,53,55,59,61,78,82H,6-7,12-13,18-19,24-25,30-31,36-37,40,45-46,51-52,54,56-58,60,62-77H2,1-5H3/b10-8-,11-9-,16-14-,17-15-,22-20-,23-21-,28-26-,29-27-,34-32-,35-33-,39-38-,43-41-,44-42-,49-47-,50-48-,55-53-,61-59-. The summed E-state index contributed by atoms with van der Waals surface area (Å²) in [5.41, 5.74) is 0. The SMILES string of the molecule is CC/C=C\C/C=C\C/C=C\C/C=C\C/C=C\C/C=C\C/C=C\C/C=C\C/C=C\C/C=C\CCCCCCC(=O)OC(COC(=O)CCCCCCCCCCC/C=C\C/C=C\C/C=C\C/C=C\C/C=C\C/C=C\C/C=C\CC)COC(OCC[N+](C)(C)C)C(=O)[O-]. The predicted octanol–water partition coefficient (Wildman–Crippen LogP) is 21.0. The number of carboxylic acids is 1. The minimum absolute atomic E-state index is 0.129. The molecular formula is C82H127NO8. The summed E-state index contributed by atoms with van der Waals surface area (Å²) in [7, 11) is 5.90. The van der Waals surface area contributed by atoms with Gasteiger partial charge in [-0.1, -0.05) is 278 Å². The summed E-state index contributed by atoms with van der Waals surface area (Å²) in [6, 6.07) is 0.